The molecule has 0 radical (unpaired) electrons. The lowest BCUT2D eigenvalue weighted by Crippen LogP contribution is -2.28. The van der Waals surface area contributed by atoms with Gasteiger partial charge in [0.15, 0.2) is 0 Å². The van der Waals surface area contributed by atoms with E-state index in [1.54, 1.807) is 18.5 Å². The first-order chi connectivity index (χ1) is 12.9. The average molecular weight is 403 g/mol. The summed E-state index contributed by atoms with van der Waals surface area (Å²) in [5, 5.41) is 4.52. The highest BCUT2D eigenvalue weighted by Crippen LogP contribution is 2.25. The van der Waals surface area contributed by atoms with Crippen LogP contribution in [-0.4, -0.2) is 15.0 Å². The number of halogens is 2. The molecule has 0 aliphatic heterocycles. The molecule has 1 aromatic carbocycles. The van der Waals surface area contributed by atoms with Crippen LogP contribution in [0.4, 0.5) is 0 Å². The first-order valence-corrected chi connectivity index (χ1v) is 9.38. The maximum atomic E-state index is 12.2. The van der Waals surface area contributed by atoms with Crippen molar-refractivity contribution in [2.75, 3.05) is 0 Å². The van der Waals surface area contributed by atoms with Crippen LogP contribution in [0.2, 0.25) is 10.0 Å². The monoisotopic (exact) mass is 402 g/mol. The molecule has 2 N–H and O–H groups in total. The summed E-state index contributed by atoms with van der Waals surface area (Å²) in [7, 11) is 0. The Morgan fingerprint density at radius 1 is 1.15 bits per heavy atom. The number of aromatic nitrogens is 3. The fourth-order valence-corrected chi connectivity index (χ4v) is 3.16. The lowest BCUT2D eigenvalue weighted by molar-refractivity contribution is 0.401. The van der Waals surface area contributed by atoms with E-state index in [0.29, 0.717) is 28.1 Å². The summed E-state index contributed by atoms with van der Waals surface area (Å²) < 4.78 is 0. The minimum Gasteiger partial charge on any atom is -0.306 e. The fourth-order valence-electron chi connectivity index (χ4n) is 2.83. The second-order valence-corrected chi connectivity index (χ2v) is 7.43. The largest absolute Gasteiger partial charge is 0.306 e. The summed E-state index contributed by atoms with van der Waals surface area (Å²) >= 11 is 12.1. The van der Waals surface area contributed by atoms with Gasteiger partial charge >= 0.3 is 0 Å². The molecule has 27 heavy (non-hydrogen) atoms. The average Bonchev–Trinajstić information content (AvgIpc) is 2.65. The third-order valence-corrected chi connectivity index (χ3v) is 4.93. The van der Waals surface area contributed by atoms with Gasteiger partial charge < -0.3 is 10.3 Å². The standard InChI is InChI=1S/C20H20Cl2N4O/c1-12(2)19(24-10-13-5-6-15(21)16(22)8-13)17-9-18(27)26-20(25-17)14-4-3-7-23-11-14/h3-9,11-12,19,24H,10H2,1-2H3,(H,25,26,27). The van der Waals surface area contributed by atoms with Crippen LogP contribution in [0.1, 0.15) is 31.1 Å². The second-order valence-electron chi connectivity index (χ2n) is 6.61. The molecule has 0 saturated heterocycles. The van der Waals surface area contributed by atoms with Crippen molar-refractivity contribution >= 4 is 23.2 Å². The van der Waals surface area contributed by atoms with E-state index in [1.807, 2.05) is 24.3 Å². The smallest absolute Gasteiger partial charge is 0.251 e. The van der Waals surface area contributed by atoms with Crippen molar-refractivity contribution in [3.05, 3.63) is 80.4 Å². The topological polar surface area (TPSA) is 70.7 Å². The molecule has 3 rings (SSSR count). The van der Waals surface area contributed by atoms with Gasteiger partial charge in [-0.1, -0.05) is 43.1 Å². The van der Waals surface area contributed by atoms with Crippen LogP contribution >= 0.6 is 23.2 Å². The Kier molecular flexibility index (Phi) is 6.26. The number of pyridine rings is 1. The van der Waals surface area contributed by atoms with E-state index >= 15 is 0 Å². The molecule has 0 fully saturated rings. The molecule has 2 heterocycles. The highest BCUT2D eigenvalue weighted by Gasteiger charge is 2.19. The maximum absolute atomic E-state index is 12.2. The molecule has 0 bridgehead atoms. The third-order valence-electron chi connectivity index (χ3n) is 4.19. The summed E-state index contributed by atoms with van der Waals surface area (Å²) in [5.74, 6) is 0.733. The quantitative estimate of drug-likeness (QED) is 0.630. The van der Waals surface area contributed by atoms with Crippen LogP contribution < -0.4 is 10.9 Å². The highest BCUT2D eigenvalue weighted by molar-refractivity contribution is 6.42. The van der Waals surface area contributed by atoms with E-state index in [2.05, 4.69) is 34.1 Å². The SMILES string of the molecule is CC(C)C(NCc1ccc(Cl)c(Cl)c1)c1cc(=O)[nH]c(-c2cccnc2)n1. The highest BCUT2D eigenvalue weighted by atomic mass is 35.5. The molecule has 1 atom stereocenters. The molecule has 0 saturated carbocycles. The Labute approximate surface area is 167 Å². The molecule has 0 amide bonds. The molecule has 3 aromatic rings. The number of rotatable bonds is 6. The van der Waals surface area contributed by atoms with Gasteiger partial charge in [0.25, 0.3) is 5.56 Å². The van der Waals surface area contributed by atoms with Gasteiger partial charge in [-0.05, 0) is 35.7 Å². The fraction of sp³-hybridized carbons (Fsp3) is 0.250. The molecule has 7 heteroatoms. The number of hydrogen-bond donors (Lipinski definition) is 2. The van der Waals surface area contributed by atoms with Gasteiger partial charge in [-0.2, -0.15) is 0 Å². The minimum atomic E-state index is -0.194. The predicted octanol–water partition coefficient (Wildman–Crippen LogP) is 4.63. The summed E-state index contributed by atoms with van der Waals surface area (Å²) in [6.45, 7) is 4.74. The van der Waals surface area contributed by atoms with Crippen LogP contribution in [0.3, 0.4) is 0 Å². The van der Waals surface area contributed by atoms with Crippen molar-refractivity contribution in [1.82, 2.24) is 20.3 Å². The molecule has 140 valence electrons. The first-order valence-electron chi connectivity index (χ1n) is 8.63. The predicted molar refractivity (Wildman–Crippen MR) is 109 cm³/mol. The van der Waals surface area contributed by atoms with Crippen molar-refractivity contribution in [3.8, 4) is 11.4 Å². The van der Waals surface area contributed by atoms with Gasteiger partial charge in [-0.15, -0.1) is 0 Å². The van der Waals surface area contributed by atoms with Crippen molar-refractivity contribution in [3.63, 3.8) is 0 Å². The van der Waals surface area contributed by atoms with Crippen molar-refractivity contribution in [1.29, 1.82) is 0 Å². The van der Waals surface area contributed by atoms with E-state index in [9.17, 15) is 4.79 Å². The lowest BCUT2D eigenvalue weighted by Gasteiger charge is -2.22. The summed E-state index contributed by atoms with van der Waals surface area (Å²) in [6, 6.07) is 10.6. The second kappa shape index (κ2) is 8.65. The van der Waals surface area contributed by atoms with Gasteiger partial charge in [0.1, 0.15) is 5.82 Å². The van der Waals surface area contributed by atoms with Gasteiger partial charge in [0, 0.05) is 30.6 Å². The number of H-pyrrole nitrogens is 1. The minimum absolute atomic E-state index is 0.0998. The van der Waals surface area contributed by atoms with Crippen molar-refractivity contribution in [2.24, 2.45) is 5.92 Å². The molecule has 2 aromatic heterocycles. The number of nitrogens with one attached hydrogen (secondary N) is 2. The zero-order valence-corrected chi connectivity index (χ0v) is 16.6. The molecule has 0 aliphatic rings. The van der Waals surface area contributed by atoms with E-state index in [-0.39, 0.29) is 17.5 Å². The number of aromatic amines is 1. The van der Waals surface area contributed by atoms with E-state index in [1.165, 1.54) is 6.07 Å². The van der Waals surface area contributed by atoms with Gasteiger partial charge in [-0.25, -0.2) is 4.98 Å². The Hall–Kier alpha value is -2.21. The zero-order chi connectivity index (χ0) is 19.4. The van der Waals surface area contributed by atoms with Gasteiger partial charge in [0.05, 0.1) is 21.8 Å². The maximum Gasteiger partial charge on any atom is 0.251 e. The summed E-state index contributed by atoms with van der Waals surface area (Å²) in [5.41, 5.74) is 2.27. The lowest BCUT2D eigenvalue weighted by atomic mass is 10.00. The Bertz CT molecular complexity index is 973. The number of nitrogens with zero attached hydrogens (tertiary/aromatic N) is 2. The summed E-state index contributed by atoms with van der Waals surface area (Å²) in [6.07, 6.45) is 3.36. The third kappa shape index (κ3) is 4.95. The Morgan fingerprint density at radius 2 is 1.96 bits per heavy atom. The van der Waals surface area contributed by atoms with Crippen LogP contribution in [0, 0.1) is 5.92 Å². The normalized spacial score (nSPS) is 12.3. The van der Waals surface area contributed by atoms with E-state index in [4.69, 9.17) is 23.2 Å². The molecule has 0 spiro atoms. The van der Waals surface area contributed by atoms with Crippen LogP contribution in [0.15, 0.2) is 53.6 Å². The van der Waals surface area contributed by atoms with E-state index < -0.39 is 0 Å². The molecular formula is C20H20Cl2N4O. The summed E-state index contributed by atoms with van der Waals surface area (Å²) in [4.78, 5) is 23.7. The first kappa shape index (κ1) is 19.5. The Balaban J connectivity index is 1.87. The number of benzene rings is 1. The molecule has 0 aliphatic carbocycles. The van der Waals surface area contributed by atoms with Crippen molar-refractivity contribution in [2.45, 2.75) is 26.4 Å². The molecule has 1 unspecified atom stereocenters. The van der Waals surface area contributed by atoms with Crippen LogP contribution in [-0.2, 0) is 6.54 Å². The molecular weight excluding hydrogens is 383 g/mol. The Morgan fingerprint density at radius 3 is 2.63 bits per heavy atom. The van der Waals surface area contributed by atoms with Crippen LogP contribution in [0.5, 0.6) is 0 Å². The zero-order valence-electron chi connectivity index (χ0n) is 15.0. The van der Waals surface area contributed by atoms with Gasteiger partial charge in [-0.3, -0.25) is 9.78 Å². The number of hydrogen-bond acceptors (Lipinski definition) is 4. The van der Waals surface area contributed by atoms with Gasteiger partial charge in [0.2, 0.25) is 0 Å². The molecule has 5 nitrogen and oxygen atoms in total. The van der Waals surface area contributed by atoms with E-state index in [0.717, 1.165) is 11.1 Å². The van der Waals surface area contributed by atoms with Crippen molar-refractivity contribution < 1.29 is 0 Å². The van der Waals surface area contributed by atoms with Crippen LogP contribution in [0.25, 0.3) is 11.4 Å².